The molecule has 2 aromatic carbocycles. The fraction of sp³-hybridized carbons (Fsp3) is 0.105. The van der Waals surface area contributed by atoms with Gasteiger partial charge in [0.05, 0.1) is 34.5 Å². The second kappa shape index (κ2) is 7.90. The summed E-state index contributed by atoms with van der Waals surface area (Å²) < 4.78 is 16.4. The van der Waals surface area contributed by atoms with Crippen molar-refractivity contribution in [3.63, 3.8) is 0 Å². The molecule has 0 fully saturated rings. The van der Waals surface area contributed by atoms with Crippen molar-refractivity contribution in [3.8, 4) is 17.0 Å². The number of methoxy groups -OCH3 is 2. The lowest BCUT2D eigenvalue weighted by Crippen LogP contribution is -2.05. The minimum absolute atomic E-state index is 0.0688. The van der Waals surface area contributed by atoms with Crippen LogP contribution in [-0.2, 0) is 4.74 Å². The molecule has 0 saturated carbocycles. The number of carbonyl (C=O) groups is 1. The van der Waals surface area contributed by atoms with Gasteiger partial charge in [0.1, 0.15) is 11.4 Å². The fourth-order valence-electron chi connectivity index (χ4n) is 2.74. The molecule has 0 aliphatic rings. The summed E-state index contributed by atoms with van der Waals surface area (Å²) in [4.78, 5) is 17.0. The molecule has 2 heterocycles. The van der Waals surface area contributed by atoms with Crippen molar-refractivity contribution in [1.29, 1.82) is 0 Å². The maximum atomic E-state index is 12.5. The van der Waals surface area contributed by atoms with Crippen LogP contribution in [0.2, 0.25) is 10.0 Å². The lowest BCUT2D eigenvalue weighted by atomic mass is 10.1. The second-order valence-corrected chi connectivity index (χ2v) is 7.65. The molecule has 0 aliphatic carbocycles. The molecule has 7 nitrogen and oxygen atoms in total. The molecule has 4 rings (SSSR count). The molecule has 0 amide bonds. The van der Waals surface area contributed by atoms with Crippen molar-refractivity contribution in [1.82, 2.24) is 10.1 Å². The number of benzene rings is 2. The minimum atomic E-state index is -0.650. The zero-order valence-electron chi connectivity index (χ0n) is 15.2. The van der Waals surface area contributed by atoms with E-state index in [0.717, 1.165) is 16.0 Å². The van der Waals surface area contributed by atoms with Crippen molar-refractivity contribution < 1.29 is 18.8 Å². The van der Waals surface area contributed by atoms with E-state index in [1.54, 1.807) is 25.3 Å². The molecule has 0 radical (unpaired) electrons. The molecule has 0 saturated heterocycles. The Morgan fingerprint density at radius 3 is 2.62 bits per heavy atom. The highest BCUT2D eigenvalue weighted by molar-refractivity contribution is 7.22. The number of carbonyl (C=O) groups excluding carboxylic acids is 1. The largest absolute Gasteiger partial charge is 0.497 e. The number of nitrogens with zero attached hydrogens (tertiary/aromatic N) is 2. The van der Waals surface area contributed by atoms with E-state index in [1.165, 1.54) is 18.4 Å². The zero-order valence-corrected chi connectivity index (χ0v) is 17.5. The third-order valence-corrected chi connectivity index (χ3v) is 5.66. The number of ether oxygens (including phenoxy) is 2. The molecule has 29 heavy (non-hydrogen) atoms. The Labute approximate surface area is 179 Å². The number of hydrogen-bond acceptors (Lipinski definition) is 8. The topological polar surface area (TPSA) is 86.5 Å². The number of halogens is 2. The van der Waals surface area contributed by atoms with E-state index in [2.05, 4.69) is 15.5 Å². The molecular formula is C19H13Cl2N3O4S. The minimum Gasteiger partial charge on any atom is -0.497 e. The quantitative estimate of drug-likeness (QED) is 0.385. The first-order valence-electron chi connectivity index (χ1n) is 8.25. The van der Waals surface area contributed by atoms with E-state index >= 15 is 0 Å². The number of fused-ring (bicyclic) bond motifs is 1. The van der Waals surface area contributed by atoms with Crippen LogP contribution in [0.3, 0.4) is 0 Å². The number of thiazole rings is 1. The summed E-state index contributed by atoms with van der Waals surface area (Å²) in [5.74, 6) is 0.148. The second-order valence-electron chi connectivity index (χ2n) is 5.80. The molecule has 1 N–H and O–H groups in total. The van der Waals surface area contributed by atoms with E-state index in [9.17, 15) is 4.79 Å². The highest BCUT2D eigenvalue weighted by Crippen LogP contribution is 2.40. The number of rotatable bonds is 5. The molecule has 0 unspecified atom stereocenters. The van der Waals surface area contributed by atoms with Crippen LogP contribution < -0.4 is 10.1 Å². The molecule has 4 aromatic rings. The van der Waals surface area contributed by atoms with Gasteiger partial charge in [-0.05, 0) is 30.3 Å². The normalized spacial score (nSPS) is 10.9. The highest BCUT2D eigenvalue weighted by atomic mass is 35.5. The van der Waals surface area contributed by atoms with Crippen molar-refractivity contribution in [2.45, 2.75) is 0 Å². The Hall–Kier alpha value is -2.81. The molecular weight excluding hydrogens is 437 g/mol. The van der Waals surface area contributed by atoms with E-state index in [4.69, 9.17) is 37.2 Å². The van der Waals surface area contributed by atoms with Gasteiger partial charge in [0, 0.05) is 5.56 Å². The Morgan fingerprint density at radius 2 is 1.93 bits per heavy atom. The first-order valence-corrected chi connectivity index (χ1v) is 9.83. The number of hydrogen-bond donors (Lipinski definition) is 1. The summed E-state index contributed by atoms with van der Waals surface area (Å²) in [7, 11) is 2.86. The van der Waals surface area contributed by atoms with Gasteiger partial charge in [-0.2, -0.15) is 0 Å². The summed E-state index contributed by atoms with van der Waals surface area (Å²) >= 11 is 13.9. The van der Waals surface area contributed by atoms with Gasteiger partial charge < -0.3 is 14.0 Å². The molecule has 0 spiro atoms. The average molecular weight is 450 g/mol. The van der Waals surface area contributed by atoms with Gasteiger partial charge in [0.15, 0.2) is 10.7 Å². The van der Waals surface area contributed by atoms with Crippen molar-refractivity contribution >= 4 is 61.7 Å². The molecule has 0 aliphatic heterocycles. The van der Waals surface area contributed by atoms with Gasteiger partial charge in [0.2, 0.25) is 5.88 Å². The predicted molar refractivity (Wildman–Crippen MR) is 113 cm³/mol. The Morgan fingerprint density at radius 1 is 1.17 bits per heavy atom. The Bertz CT molecular complexity index is 1200. The Balaban J connectivity index is 1.79. The summed E-state index contributed by atoms with van der Waals surface area (Å²) in [6.45, 7) is 0. The fourth-order valence-corrected chi connectivity index (χ4v) is 4.21. The van der Waals surface area contributed by atoms with Crippen LogP contribution in [0.1, 0.15) is 10.4 Å². The third kappa shape index (κ3) is 3.62. The predicted octanol–water partition coefficient (Wildman–Crippen LogP) is 5.80. The molecule has 0 bridgehead atoms. The van der Waals surface area contributed by atoms with E-state index in [1.807, 2.05) is 18.2 Å². The first kappa shape index (κ1) is 19.5. The maximum Gasteiger partial charge on any atom is 0.345 e. The average Bonchev–Trinajstić information content (AvgIpc) is 3.30. The SMILES string of the molecule is COC(=O)c1c(-c2c(Cl)cccc2Cl)noc1Nc1nc2ccc(OC)cc2s1. The number of aromatic nitrogens is 2. The summed E-state index contributed by atoms with van der Waals surface area (Å²) in [6, 6.07) is 10.5. The number of nitrogens with one attached hydrogen (secondary N) is 1. The summed E-state index contributed by atoms with van der Waals surface area (Å²) in [6.07, 6.45) is 0. The van der Waals surface area contributed by atoms with Crippen LogP contribution in [-0.4, -0.2) is 30.3 Å². The van der Waals surface area contributed by atoms with Crippen molar-refractivity contribution in [2.24, 2.45) is 0 Å². The van der Waals surface area contributed by atoms with Gasteiger partial charge in [-0.1, -0.05) is 45.8 Å². The van der Waals surface area contributed by atoms with E-state index in [0.29, 0.717) is 20.7 Å². The van der Waals surface area contributed by atoms with Gasteiger partial charge in [0.25, 0.3) is 0 Å². The van der Waals surface area contributed by atoms with Crippen LogP contribution in [0.15, 0.2) is 40.9 Å². The highest BCUT2D eigenvalue weighted by Gasteiger charge is 2.28. The van der Waals surface area contributed by atoms with Crippen LogP contribution in [0.5, 0.6) is 5.75 Å². The van der Waals surface area contributed by atoms with Gasteiger partial charge in [-0.25, -0.2) is 9.78 Å². The van der Waals surface area contributed by atoms with Crippen LogP contribution >= 0.6 is 34.5 Å². The van der Waals surface area contributed by atoms with Crippen LogP contribution in [0.25, 0.3) is 21.5 Å². The Kier molecular flexibility index (Phi) is 5.31. The van der Waals surface area contributed by atoms with Gasteiger partial charge in [-0.3, -0.25) is 5.32 Å². The molecule has 10 heteroatoms. The molecule has 148 valence electrons. The maximum absolute atomic E-state index is 12.5. The van der Waals surface area contributed by atoms with Crippen molar-refractivity contribution in [2.75, 3.05) is 19.5 Å². The summed E-state index contributed by atoms with van der Waals surface area (Å²) in [5, 5.41) is 8.16. The standard InChI is InChI=1S/C19H13Cl2N3O4S/c1-26-9-6-7-12-13(8-9)29-19(22-12)23-17-15(18(25)27-2)16(24-28-17)14-10(20)4-3-5-11(14)21/h3-8H,1-2H3,(H,22,23). The first-order chi connectivity index (χ1) is 14.0. The lowest BCUT2D eigenvalue weighted by Gasteiger charge is -2.06. The zero-order chi connectivity index (χ0) is 20.5. The summed E-state index contributed by atoms with van der Waals surface area (Å²) in [5.41, 5.74) is 1.39. The monoisotopic (exact) mass is 449 g/mol. The van der Waals surface area contributed by atoms with Crippen LogP contribution in [0.4, 0.5) is 11.0 Å². The van der Waals surface area contributed by atoms with E-state index < -0.39 is 5.97 Å². The number of anilines is 2. The smallest absolute Gasteiger partial charge is 0.345 e. The van der Waals surface area contributed by atoms with E-state index in [-0.39, 0.29) is 17.1 Å². The molecule has 0 atom stereocenters. The van der Waals surface area contributed by atoms with Gasteiger partial charge >= 0.3 is 5.97 Å². The van der Waals surface area contributed by atoms with Crippen molar-refractivity contribution in [3.05, 3.63) is 52.0 Å². The molecule has 2 aromatic heterocycles. The third-order valence-electron chi connectivity index (χ3n) is 4.10. The van der Waals surface area contributed by atoms with Crippen LogP contribution in [0, 0.1) is 0 Å². The number of esters is 1. The lowest BCUT2D eigenvalue weighted by molar-refractivity contribution is 0.0602. The van der Waals surface area contributed by atoms with Gasteiger partial charge in [-0.15, -0.1) is 0 Å².